The third-order valence-electron chi connectivity index (χ3n) is 6.29. The van der Waals surface area contributed by atoms with Crippen LogP contribution in [0.3, 0.4) is 0 Å². The van der Waals surface area contributed by atoms with Gasteiger partial charge in [0.05, 0.1) is 0 Å². The van der Waals surface area contributed by atoms with Crippen LogP contribution in [0.1, 0.15) is 50.6 Å². The van der Waals surface area contributed by atoms with Crippen LogP contribution in [0.2, 0.25) is 0 Å². The van der Waals surface area contributed by atoms with E-state index < -0.39 is 11.9 Å². The third-order valence-corrected chi connectivity index (χ3v) is 6.29. The molecule has 8 heteroatoms. The minimum Gasteiger partial charge on any atom is -0.478 e. The molecule has 0 unspecified atom stereocenters. The largest absolute Gasteiger partial charge is 0.478 e. The van der Waals surface area contributed by atoms with Crippen molar-refractivity contribution >= 4 is 11.9 Å². The van der Waals surface area contributed by atoms with Crippen molar-refractivity contribution in [2.24, 2.45) is 11.8 Å². The van der Waals surface area contributed by atoms with Gasteiger partial charge in [-0.2, -0.15) is 0 Å². The summed E-state index contributed by atoms with van der Waals surface area (Å²) in [5.74, 6) is 0.303. The van der Waals surface area contributed by atoms with Gasteiger partial charge in [-0.05, 0) is 50.5 Å². The van der Waals surface area contributed by atoms with Gasteiger partial charge in [-0.3, -0.25) is 9.58 Å². The predicted molar refractivity (Wildman–Crippen MR) is 112 cm³/mol. The first-order chi connectivity index (χ1) is 14.5. The fraction of sp³-hybridized carbons (Fsp3) is 0.682. The number of nitrogens with zero attached hydrogens (tertiary/aromatic N) is 3. The standard InChI is InChI=1S/C18H29N3O.C4H4O4/c1-2-6-16-14-20(10-8-15(16)5-1)11-12-22-18-13-17-7-3-4-9-21(17)19-18;5-3(6)1-2-4(7)8/h13,15-16H,1-12,14H2;1-2H,(H,5,6)(H,7,8)/b;2-1-/t15-,16-;/m1./s1. The predicted octanol–water partition coefficient (Wildman–Crippen LogP) is 2.82. The molecule has 30 heavy (non-hydrogen) atoms. The second-order valence-corrected chi connectivity index (χ2v) is 8.41. The minimum atomic E-state index is -1.26. The maximum atomic E-state index is 9.55. The van der Waals surface area contributed by atoms with Crippen molar-refractivity contribution in [2.75, 3.05) is 26.2 Å². The van der Waals surface area contributed by atoms with Crippen LogP contribution >= 0.6 is 0 Å². The molecule has 0 spiro atoms. The van der Waals surface area contributed by atoms with E-state index in [-0.39, 0.29) is 0 Å². The normalized spacial score (nSPS) is 23.7. The first-order valence-corrected chi connectivity index (χ1v) is 11.1. The number of hydrogen-bond donors (Lipinski definition) is 2. The van der Waals surface area contributed by atoms with Gasteiger partial charge in [-0.25, -0.2) is 9.59 Å². The number of piperidine rings is 1. The molecule has 2 atom stereocenters. The molecule has 2 fully saturated rings. The summed E-state index contributed by atoms with van der Waals surface area (Å²) in [6.45, 7) is 5.48. The SMILES string of the molecule is O=C(O)/C=C\C(=O)O.c1c(OCCN2CC[C@H]3CCCC[C@@H]3C2)nn2c1CCCC2. The van der Waals surface area contributed by atoms with Gasteiger partial charge in [0.1, 0.15) is 6.61 Å². The number of hydrogen-bond acceptors (Lipinski definition) is 5. The van der Waals surface area contributed by atoms with E-state index >= 15 is 0 Å². The molecular weight excluding hydrogens is 386 g/mol. The van der Waals surface area contributed by atoms with Gasteiger partial charge in [0, 0.05) is 43.5 Å². The molecule has 2 aliphatic heterocycles. The van der Waals surface area contributed by atoms with E-state index in [4.69, 9.17) is 14.9 Å². The number of carboxylic acid groups (broad SMARTS) is 2. The van der Waals surface area contributed by atoms with E-state index in [1.54, 1.807) is 0 Å². The van der Waals surface area contributed by atoms with Crippen molar-refractivity contribution in [3.63, 3.8) is 0 Å². The van der Waals surface area contributed by atoms with E-state index in [1.807, 2.05) is 0 Å². The van der Waals surface area contributed by atoms with E-state index in [0.717, 1.165) is 43.8 Å². The molecule has 0 bridgehead atoms. The van der Waals surface area contributed by atoms with E-state index in [1.165, 1.54) is 63.7 Å². The van der Waals surface area contributed by atoms with Crippen molar-refractivity contribution in [1.82, 2.24) is 14.7 Å². The number of likely N-dealkylation sites (tertiary alicyclic amines) is 1. The summed E-state index contributed by atoms with van der Waals surface area (Å²) in [5.41, 5.74) is 1.35. The van der Waals surface area contributed by atoms with Gasteiger partial charge in [-0.1, -0.05) is 19.3 Å². The summed E-state index contributed by atoms with van der Waals surface area (Å²) in [6.07, 6.45) is 12.1. The number of aromatic nitrogens is 2. The number of aryl methyl sites for hydroxylation is 2. The molecule has 0 amide bonds. The quantitative estimate of drug-likeness (QED) is 0.683. The lowest BCUT2D eigenvalue weighted by molar-refractivity contribution is -0.134. The maximum absolute atomic E-state index is 9.55. The maximum Gasteiger partial charge on any atom is 0.328 e. The third kappa shape index (κ3) is 6.86. The Morgan fingerprint density at radius 1 is 1.03 bits per heavy atom. The topological polar surface area (TPSA) is 105 Å². The number of carbonyl (C=O) groups is 2. The Labute approximate surface area is 177 Å². The lowest BCUT2D eigenvalue weighted by Gasteiger charge is -2.41. The molecule has 0 aromatic carbocycles. The molecule has 1 saturated heterocycles. The summed E-state index contributed by atoms with van der Waals surface area (Å²) < 4.78 is 8.06. The summed E-state index contributed by atoms with van der Waals surface area (Å²) in [6, 6.07) is 2.15. The number of fused-ring (bicyclic) bond motifs is 2. The fourth-order valence-electron chi connectivity index (χ4n) is 4.76. The Kier molecular flexibility index (Phi) is 8.30. The summed E-state index contributed by atoms with van der Waals surface area (Å²) >= 11 is 0. The van der Waals surface area contributed by atoms with Crippen LogP contribution in [0, 0.1) is 11.8 Å². The fourth-order valence-corrected chi connectivity index (χ4v) is 4.76. The highest BCUT2D eigenvalue weighted by Gasteiger charge is 2.30. The van der Waals surface area contributed by atoms with Crippen molar-refractivity contribution in [3.8, 4) is 5.88 Å². The molecule has 1 aliphatic carbocycles. The van der Waals surface area contributed by atoms with E-state index in [2.05, 4.69) is 20.7 Å². The van der Waals surface area contributed by atoms with Crippen LogP contribution in [-0.4, -0.2) is 63.1 Å². The van der Waals surface area contributed by atoms with Crippen molar-refractivity contribution < 1.29 is 24.5 Å². The molecule has 166 valence electrons. The molecule has 8 nitrogen and oxygen atoms in total. The van der Waals surface area contributed by atoms with Crippen LogP contribution in [-0.2, 0) is 22.6 Å². The Bertz CT molecular complexity index is 706. The highest BCUT2D eigenvalue weighted by Crippen LogP contribution is 2.35. The lowest BCUT2D eigenvalue weighted by Crippen LogP contribution is -2.43. The van der Waals surface area contributed by atoms with Crippen molar-refractivity contribution in [2.45, 2.75) is 57.9 Å². The second-order valence-electron chi connectivity index (χ2n) is 8.41. The molecule has 1 aromatic rings. The van der Waals surface area contributed by atoms with Gasteiger partial charge in [-0.15, -0.1) is 5.10 Å². The van der Waals surface area contributed by atoms with Gasteiger partial charge >= 0.3 is 11.9 Å². The van der Waals surface area contributed by atoms with Crippen molar-refractivity contribution in [3.05, 3.63) is 23.9 Å². The van der Waals surface area contributed by atoms with Gasteiger partial charge in [0.25, 0.3) is 0 Å². The number of rotatable bonds is 6. The van der Waals surface area contributed by atoms with E-state index in [0.29, 0.717) is 12.2 Å². The Morgan fingerprint density at radius 3 is 2.47 bits per heavy atom. The van der Waals surface area contributed by atoms with Crippen LogP contribution in [0.5, 0.6) is 5.88 Å². The smallest absolute Gasteiger partial charge is 0.328 e. The first-order valence-electron chi connectivity index (χ1n) is 11.1. The molecule has 4 rings (SSSR count). The molecular formula is C22H33N3O5. The van der Waals surface area contributed by atoms with Crippen LogP contribution < -0.4 is 4.74 Å². The second kappa shape index (κ2) is 11.2. The Balaban J connectivity index is 0.000000275. The molecule has 0 radical (unpaired) electrons. The summed E-state index contributed by atoms with van der Waals surface area (Å²) in [7, 11) is 0. The Hall–Kier alpha value is -2.35. The number of ether oxygens (including phenoxy) is 1. The van der Waals surface area contributed by atoms with E-state index in [9.17, 15) is 9.59 Å². The van der Waals surface area contributed by atoms with Gasteiger partial charge in [0.2, 0.25) is 5.88 Å². The monoisotopic (exact) mass is 419 g/mol. The molecule has 2 N–H and O–H groups in total. The zero-order valence-corrected chi connectivity index (χ0v) is 17.5. The van der Waals surface area contributed by atoms with Crippen LogP contribution in [0.25, 0.3) is 0 Å². The molecule has 3 aliphatic rings. The van der Waals surface area contributed by atoms with Crippen LogP contribution in [0.15, 0.2) is 18.2 Å². The summed E-state index contributed by atoms with van der Waals surface area (Å²) in [5, 5.41) is 20.2. The molecule has 1 saturated carbocycles. The van der Waals surface area contributed by atoms with Crippen molar-refractivity contribution in [1.29, 1.82) is 0 Å². The Morgan fingerprint density at radius 2 is 1.77 bits per heavy atom. The van der Waals surface area contributed by atoms with Gasteiger partial charge < -0.3 is 14.9 Å². The highest BCUT2D eigenvalue weighted by atomic mass is 16.5. The number of carboxylic acids is 2. The van der Waals surface area contributed by atoms with Gasteiger partial charge in [0.15, 0.2) is 0 Å². The molecule has 1 aromatic heterocycles. The van der Waals surface area contributed by atoms with Crippen LogP contribution in [0.4, 0.5) is 0 Å². The lowest BCUT2D eigenvalue weighted by atomic mass is 9.75. The zero-order chi connectivity index (χ0) is 21.3. The molecule has 3 heterocycles. The minimum absolute atomic E-state index is 0.558. The average Bonchev–Trinajstić information content (AvgIpc) is 3.15. The summed E-state index contributed by atoms with van der Waals surface area (Å²) in [4.78, 5) is 21.7. The average molecular weight is 420 g/mol. The number of aliphatic carboxylic acids is 2. The zero-order valence-electron chi connectivity index (χ0n) is 17.5. The highest BCUT2D eigenvalue weighted by molar-refractivity contribution is 5.89. The first kappa shape index (κ1) is 22.3.